The molecule has 160 valence electrons. The Bertz CT molecular complexity index is 1050. The van der Waals surface area contributed by atoms with Crippen molar-refractivity contribution in [2.75, 3.05) is 11.5 Å². The maximum Gasteiger partial charge on any atom is 0.247 e. The molecule has 0 N–H and O–H groups in total. The van der Waals surface area contributed by atoms with Gasteiger partial charge in [0.1, 0.15) is 0 Å². The van der Waals surface area contributed by atoms with E-state index >= 15 is 0 Å². The molecule has 0 aromatic heterocycles. The van der Waals surface area contributed by atoms with Crippen LogP contribution in [0, 0.1) is 0 Å². The van der Waals surface area contributed by atoms with Crippen LogP contribution in [-0.4, -0.2) is 36.8 Å². The first kappa shape index (κ1) is 22.9. The summed E-state index contributed by atoms with van der Waals surface area (Å²) in [4.78, 5) is 14.7. The number of carbonyl (C=O) groups is 1. The number of nitrogens with zero attached hydrogens (tertiary/aromatic N) is 1. The monoisotopic (exact) mass is 465 g/mol. The Morgan fingerprint density at radius 2 is 1.87 bits per heavy atom. The number of carbonyl (C=O) groups excluding carboxylic acids is 1. The van der Waals surface area contributed by atoms with E-state index in [2.05, 4.69) is 26.0 Å². The summed E-state index contributed by atoms with van der Waals surface area (Å²) in [6.07, 6.45) is 3.54. The van der Waals surface area contributed by atoms with Crippen molar-refractivity contribution in [2.45, 2.75) is 38.8 Å². The summed E-state index contributed by atoms with van der Waals surface area (Å²) >= 11 is 12.1. The van der Waals surface area contributed by atoms with E-state index in [9.17, 15) is 13.2 Å². The minimum atomic E-state index is -3.12. The number of hydrogen-bond donors (Lipinski definition) is 0. The van der Waals surface area contributed by atoms with Gasteiger partial charge in [-0.1, -0.05) is 67.4 Å². The second kappa shape index (κ2) is 9.54. The maximum atomic E-state index is 13.0. The van der Waals surface area contributed by atoms with Crippen molar-refractivity contribution in [2.24, 2.45) is 0 Å². The van der Waals surface area contributed by atoms with Crippen LogP contribution in [0.1, 0.15) is 42.9 Å². The van der Waals surface area contributed by atoms with Gasteiger partial charge in [0.2, 0.25) is 5.91 Å². The number of amides is 1. The molecule has 3 rings (SSSR count). The summed E-state index contributed by atoms with van der Waals surface area (Å²) in [5.74, 6) is 0.290. The smallest absolute Gasteiger partial charge is 0.247 e. The fourth-order valence-electron chi connectivity index (χ4n) is 3.51. The summed E-state index contributed by atoms with van der Waals surface area (Å²) in [6.45, 7) is 4.61. The van der Waals surface area contributed by atoms with Crippen molar-refractivity contribution in [1.29, 1.82) is 0 Å². The van der Waals surface area contributed by atoms with Crippen LogP contribution in [0.5, 0.6) is 0 Å². The Kier molecular flexibility index (Phi) is 7.27. The van der Waals surface area contributed by atoms with Crippen LogP contribution in [0.3, 0.4) is 0 Å². The third kappa shape index (κ3) is 5.87. The molecule has 1 aliphatic heterocycles. The van der Waals surface area contributed by atoms with Crippen LogP contribution in [0.4, 0.5) is 0 Å². The third-order valence-electron chi connectivity index (χ3n) is 5.30. The molecule has 1 aliphatic rings. The summed E-state index contributed by atoms with van der Waals surface area (Å²) in [5, 5.41) is 0.969. The molecule has 7 heteroatoms. The second-order valence-corrected chi connectivity index (χ2v) is 11.0. The zero-order valence-corrected chi connectivity index (χ0v) is 19.3. The van der Waals surface area contributed by atoms with Gasteiger partial charge in [-0.25, -0.2) is 8.42 Å². The van der Waals surface area contributed by atoms with Gasteiger partial charge in [-0.2, -0.15) is 0 Å². The lowest BCUT2D eigenvalue weighted by atomic mass is 10.0. The second-order valence-electron chi connectivity index (χ2n) is 7.92. The molecule has 1 heterocycles. The van der Waals surface area contributed by atoms with E-state index in [1.54, 1.807) is 29.2 Å². The van der Waals surface area contributed by atoms with E-state index in [1.165, 1.54) is 11.6 Å². The molecule has 30 heavy (non-hydrogen) atoms. The number of sulfone groups is 1. The highest BCUT2D eigenvalue weighted by molar-refractivity contribution is 7.91. The predicted molar refractivity (Wildman–Crippen MR) is 124 cm³/mol. The van der Waals surface area contributed by atoms with Crippen molar-refractivity contribution in [1.82, 2.24) is 4.90 Å². The Hall–Kier alpha value is -1.82. The molecule has 0 radical (unpaired) electrons. The number of halogens is 2. The quantitative estimate of drug-likeness (QED) is 0.540. The van der Waals surface area contributed by atoms with Gasteiger partial charge in [-0.15, -0.1) is 0 Å². The lowest BCUT2D eigenvalue weighted by Crippen LogP contribution is -2.39. The van der Waals surface area contributed by atoms with Gasteiger partial charge in [0.25, 0.3) is 0 Å². The van der Waals surface area contributed by atoms with Crippen molar-refractivity contribution in [3.63, 3.8) is 0 Å². The van der Waals surface area contributed by atoms with Gasteiger partial charge in [-0.3, -0.25) is 4.79 Å². The predicted octanol–water partition coefficient (Wildman–Crippen LogP) is 5.35. The van der Waals surface area contributed by atoms with Gasteiger partial charge in [0.05, 0.1) is 11.5 Å². The molecule has 1 saturated heterocycles. The molecule has 4 nitrogen and oxygen atoms in total. The lowest BCUT2D eigenvalue weighted by molar-refractivity contribution is -0.128. The largest absolute Gasteiger partial charge is 0.331 e. The number of hydrogen-bond acceptors (Lipinski definition) is 3. The summed E-state index contributed by atoms with van der Waals surface area (Å²) in [6, 6.07) is 12.8. The molecule has 0 bridgehead atoms. The SMILES string of the molecule is CC(C)c1ccc(CN(C(=O)/C=C/c2ccc(Cl)cc2Cl)[C@@H]2CCS(=O)(=O)C2)cc1. The van der Waals surface area contributed by atoms with E-state index in [-0.39, 0.29) is 23.5 Å². The van der Waals surface area contributed by atoms with Crippen molar-refractivity contribution < 1.29 is 13.2 Å². The van der Waals surface area contributed by atoms with Crippen LogP contribution >= 0.6 is 23.2 Å². The average Bonchev–Trinajstić information content (AvgIpc) is 3.05. The van der Waals surface area contributed by atoms with Crippen molar-refractivity contribution >= 4 is 45.0 Å². The molecule has 1 atom stereocenters. The van der Waals surface area contributed by atoms with Crippen molar-refractivity contribution in [3.05, 3.63) is 75.3 Å². The Morgan fingerprint density at radius 1 is 1.17 bits per heavy atom. The molecule has 0 aliphatic carbocycles. The first-order valence-corrected chi connectivity index (χ1v) is 12.5. The lowest BCUT2D eigenvalue weighted by Gasteiger charge is -2.27. The van der Waals surface area contributed by atoms with Crippen LogP contribution in [0.25, 0.3) is 6.08 Å². The molecule has 0 saturated carbocycles. The minimum absolute atomic E-state index is 0.00163. The van der Waals surface area contributed by atoms with E-state index < -0.39 is 9.84 Å². The fraction of sp³-hybridized carbons (Fsp3) is 0.348. The molecular formula is C23H25Cl2NO3S. The fourth-order valence-corrected chi connectivity index (χ4v) is 5.71. The maximum absolute atomic E-state index is 13.0. The molecule has 1 amide bonds. The Morgan fingerprint density at radius 3 is 2.43 bits per heavy atom. The first-order valence-electron chi connectivity index (χ1n) is 9.87. The molecule has 2 aromatic carbocycles. The van der Waals surface area contributed by atoms with E-state index in [4.69, 9.17) is 23.2 Å². The highest BCUT2D eigenvalue weighted by Crippen LogP contribution is 2.24. The summed E-state index contributed by atoms with van der Waals surface area (Å²) in [7, 11) is -3.12. The highest BCUT2D eigenvalue weighted by atomic mass is 35.5. The number of benzene rings is 2. The van der Waals surface area contributed by atoms with Gasteiger partial charge in [0.15, 0.2) is 9.84 Å². The highest BCUT2D eigenvalue weighted by Gasteiger charge is 2.34. The molecule has 2 aromatic rings. The standard InChI is InChI=1S/C23H25Cl2NO3S/c1-16(2)18-5-3-17(4-6-18)14-26(21-11-12-30(28,29)15-21)23(27)10-8-19-7-9-20(24)13-22(19)25/h3-10,13,16,21H,11-12,14-15H2,1-2H3/b10-8+/t21-/m1/s1. The summed E-state index contributed by atoms with van der Waals surface area (Å²) in [5.41, 5.74) is 2.86. The van der Waals surface area contributed by atoms with Crippen molar-refractivity contribution in [3.8, 4) is 0 Å². The van der Waals surface area contributed by atoms with Crippen LogP contribution in [-0.2, 0) is 21.2 Å². The van der Waals surface area contributed by atoms with E-state index in [1.807, 2.05) is 12.1 Å². The molecular weight excluding hydrogens is 441 g/mol. The Labute approximate surface area is 188 Å². The Balaban J connectivity index is 1.83. The van der Waals surface area contributed by atoms with Gasteiger partial charge < -0.3 is 4.90 Å². The van der Waals surface area contributed by atoms with Crippen LogP contribution in [0.15, 0.2) is 48.5 Å². The molecule has 0 spiro atoms. The zero-order chi connectivity index (χ0) is 21.9. The topological polar surface area (TPSA) is 54.5 Å². The minimum Gasteiger partial charge on any atom is -0.331 e. The first-order chi connectivity index (χ1) is 14.1. The summed E-state index contributed by atoms with van der Waals surface area (Å²) < 4.78 is 24.0. The van der Waals surface area contributed by atoms with Crippen LogP contribution in [0.2, 0.25) is 10.0 Å². The van der Waals surface area contributed by atoms with E-state index in [0.29, 0.717) is 34.5 Å². The number of rotatable bonds is 6. The normalized spacial score (nSPS) is 18.2. The molecule has 1 fully saturated rings. The van der Waals surface area contributed by atoms with Gasteiger partial charge in [0, 0.05) is 28.7 Å². The zero-order valence-electron chi connectivity index (χ0n) is 17.0. The third-order valence-corrected chi connectivity index (χ3v) is 7.61. The van der Waals surface area contributed by atoms with Gasteiger partial charge >= 0.3 is 0 Å². The average molecular weight is 466 g/mol. The van der Waals surface area contributed by atoms with Gasteiger partial charge in [-0.05, 0) is 47.2 Å². The molecule has 0 unspecified atom stereocenters. The van der Waals surface area contributed by atoms with E-state index in [0.717, 1.165) is 5.56 Å². The van der Waals surface area contributed by atoms with Crippen LogP contribution < -0.4 is 0 Å².